The van der Waals surface area contributed by atoms with E-state index in [1.54, 1.807) is 13.4 Å². The van der Waals surface area contributed by atoms with Gasteiger partial charge < -0.3 is 15.0 Å². The lowest BCUT2D eigenvalue weighted by atomic mass is 9.95. The Morgan fingerprint density at radius 1 is 1.44 bits per heavy atom. The van der Waals surface area contributed by atoms with E-state index in [4.69, 9.17) is 4.74 Å². The van der Waals surface area contributed by atoms with E-state index in [1.807, 2.05) is 7.05 Å². The summed E-state index contributed by atoms with van der Waals surface area (Å²) in [4.78, 5) is 10.9. The Balaban J connectivity index is 2.24. The van der Waals surface area contributed by atoms with Crippen LogP contribution in [-0.4, -0.2) is 37.2 Å². The fourth-order valence-electron chi connectivity index (χ4n) is 2.48. The number of methoxy groups -OCH3 is 1. The van der Waals surface area contributed by atoms with Gasteiger partial charge in [0.2, 0.25) is 5.75 Å². The molecule has 18 heavy (non-hydrogen) atoms. The van der Waals surface area contributed by atoms with Gasteiger partial charge in [0.05, 0.1) is 7.11 Å². The normalized spacial score (nSPS) is 19.4. The molecule has 1 aliphatic rings. The molecule has 0 bridgehead atoms. The van der Waals surface area contributed by atoms with E-state index in [-0.39, 0.29) is 0 Å². The second-order valence-corrected chi connectivity index (χ2v) is 5.07. The topological polar surface area (TPSA) is 50.3 Å². The van der Waals surface area contributed by atoms with Crippen molar-refractivity contribution in [3.8, 4) is 5.75 Å². The van der Waals surface area contributed by atoms with Crippen molar-refractivity contribution >= 4 is 11.6 Å². The van der Waals surface area contributed by atoms with Gasteiger partial charge in [-0.15, -0.1) is 0 Å². The Bertz CT molecular complexity index is 408. The minimum Gasteiger partial charge on any atom is -0.490 e. The van der Waals surface area contributed by atoms with Crippen LogP contribution in [0.5, 0.6) is 5.75 Å². The molecule has 1 aliphatic heterocycles. The molecule has 5 heteroatoms. The molecule has 100 valence electrons. The average molecular weight is 250 g/mol. The zero-order chi connectivity index (χ0) is 13.1. The first-order chi connectivity index (χ1) is 8.67. The number of anilines is 2. The number of ether oxygens (including phenoxy) is 1. The highest BCUT2D eigenvalue weighted by atomic mass is 16.5. The number of hydrogen-bond acceptors (Lipinski definition) is 5. The molecule has 0 spiro atoms. The zero-order valence-electron chi connectivity index (χ0n) is 11.6. The number of nitrogens with zero attached hydrogens (tertiary/aromatic N) is 3. The molecule has 2 heterocycles. The van der Waals surface area contributed by atoms with E-state index in [1.165, 1.54) is 6.42 Å². The molecule has 1 fully saturated rings. The summed E-state index contributed by atoms with van der Waals surface area (Å²) in [6, 6.07) is 0. The van der Waals surface area contributed by atoms with E-state index in [2.05, 4.69) is 34.0 Å². The minimum atomic E-state index is 0.714. The summed E-state index contributed by atoms with van der Waals surface area (Å²) in [5.74, 6) is 3.84. The van der Waals surface area contributed by atoms with Gasteiger partial charge in [-0.05, 0) is 18.3 Å². The van der Waals surface area contributed by atoms with Crippen molar-refractivity contribution in [3.63, 3.8) is 0 Å². The van der Waals surface area contributed by atoms with Crippen LogP contribution >= 0.6 is 0 Å². The van der Waals surface area contributed by atoms with E-state index in [9.17, 15) is 0 Å². The maximum Gasteiger partial charge on any atom is 0.204 e. The van der Waals surface area contributed by atoms with Crippen LogP contribution in [0.2, 0.25) is 0 Å². The molecule has 0 amide bonds. The monoisotopic (exact) mass is 250 g/mol. The number of aromatic nitrogens is 2. The summed E-state index contributed by atoms with van der Waals surface area (Å²) < 4.78 is 5.45. The summed E-state index contributed by atoms with van der Waals surface area (Å²) in [6.07, 6.45) is 2.81. The fraction of sp³-hybridized carbons (Fsp3) is 0.692. The molecule has 0 saturated carbocycles. The number of rotatable bonds is 4. The van der Waals surface area contributed by atoms with E-state index < -0.39 is 0 Å². The molecule has 1 N–H and O–H groups in total. The van der Waals surface area contributed by atoms with Crippen molar-refractivity contribution in [2.45, 2.75) is 20.3 Å². The third-order valence-corrected chi connectivity index (χ3v) is 3.69. The predicted molar refractivity (Wildman–Crippen MR) is 73.3 cm³/mol. The molecule has 1 saturated heterocycles. The fourth-order valence-corrected chi connectivity index (χ4v) is 2.48. The van der Waals surface area contributed by atoms with Gasteiger partial charge in [0.15, 0.2) is 11.6 Å². The van der Waals surface area contributed by atoms with Gasteiger partial charge in [-0.2, -0.15) is 0 Å². The van der Waals surface area contributed by atoms with Gasteiger partial charge in [-0.3, -0.25) is 0 Å². The molecule has 1 aromatic rings. The van der Waals surface area contributed by atoms with E-state index in [0.717, 1.165) is 36.4 Å². The second-order valence-electron chi connectivity index (χ2n) is 5.07. The highest BCUT2D eigenvalue weighted by molar-refractivity contribution is 5.64. The first-order valence-electron chi connectivity index (χ1n) is 6.49. The standard InChI is InChI=1S/C13H22N4O/c1-9(2)10-5-6-17(7-10)13-11(18-4)12(14-3)15-8-16-13/h8-10H,5-7H2,1-4H3,(H,14,15,16). The Kier molecular flexibility index (Phi) is 3.89. The van der Waals surface area contributed by atoms with Crippen LogP contribution in [0.15, 0.2) is 6.33 Å². The highest BCUT2D eigenvalue weighted by Crippen LogP contribution is 2.35. The lowest BCUT2D eigenvalue weighted by Crippen LogP contribution is -2.23. The smallest absolute Gasteiger partial charge is 0.204 e. The summed E-state index contributed by atoms with van der Waals surface area (Å²) in [6.45, 7) is 6.66. The Hall–Kier alpha value is -1.52. The van der Waals surface area contributed by atoms with Crippen molar-refractivity contribution in [2.75, 3.05) is 37.5 Å². The molecule has 1 atom stereocenters. The molecular weight excluding hydrogens is 228 g/mol. The lowest BCUT2D eigenvalue weighted by Gasteiger charge is -2.21. The van der Waals surface area contributed by atoms with Crippen LogP contribution < -0.4 is 15.0 Å². The summed E-state index contributed by atoms with van der Waals surface area (Å²) in [5.41, 5.74) is 0. The molecule has 0 aliphatic carbocycles. The first kappa shape index (κ1) is 12.9. The van der Waals surface area contributed by atoms with Crippen molar-refractivity contribution in [1.82, 2.24) is 9.97 Å². The summed E-state index contributed by atoms with van der Waals surface area (Å²) in [5, 5.41) is 3.04. The van der Waals surface area contributed by atoms with Gasteiger partial charge in [0.25, 0.3) is 0 Å². The van der Waals surface area contributed by atoms with Crippen LogP contribution in [0.3, 0.4) is 0 Å². The van der Waals surface area contributed by atoms with Crippen LogP contribution in [0.25, 0.3) is 0 Å². The van der Waals surface area contributed by atoms with Gasteiger partial charge in [-0.25, -0.2) is 9.97 Å². The molecule has 5 nitrogen and oxygen atoms in total. The third-order valence-electron chi connectivity index (χ3n) is 3.69. The van der Waals surface area contributed by atoms with E-state index >= 15 is 0 Å². The third kappa shape index (κ3) is 2.35. The summed E-state index contributed by atoms with van der Waals surface area (Å²) in [7, 11) is 3.51. The molecule has 1 unspecified atom stereocenters. The number of nitrogens with one attached hydrogen (secondary N) is 1. The van der Waals surface area contributed by atoms with Crippen molar-refractivity contribution in [2.24, 2.45) is 11.8 Å². The molecule has 0 aromatic carbocycles. The SMILES string of the molecule is CNc1ncnc(N2CCC(C(C)C)C2)c1OC. The number of hydrogen-bond donors (Lipinski definition) is 1. The van der Waals surface area contributed by atoms with Crippen LogP contribution in [-0.2, 0) is 0 Å². The first-order valence-corrected chi connectivity index (χ1v) is 6.49. The Morgan fingerprint density at radius 3 is 2.78 bits per heavy atom. The molecular formula is C13H22N4O. The van der Waals surface area contributed by atoms with Crippen molar-refractivity contribution in [1.29, 1.82) is 0 Å². The Labute approximate surface area is 109 Å². The second kappa shape index (κ2) is 5.42. The highest BCUT2D eigenvalue weighted by Gasteiger charge is 2.28. The van der Waals surface area contributed by atoms with E-state index in [0.29, 0.717) is 5.92 Å². The predicted octanol–water partition coefficient (Wildman–Crippen LogP) is 2.01. The molecule has 1 aromatic heterocycles. The van der Waals surface area contributed by atoms with Gasteiger partial charge in [-0.1, -0.05) is 13.8 Å². The maximum atomic E-state index is 5.45. The van der Waals surface area contributed by atoms with Crippen LogP contribution in [0.1, 0.15) is 20.3 Å². The largest absolute Gasteiger partial charge is 0.490 e. The van der Waals surface area contributed by atoms with Crippen molar-refractivity contribution < 1.29 is 4.74 Å². The summed E-state index contributed by atoms with van der Waals surface area (Å²) >= 11 is 0. The van der Waals surface area contributed by atoms with Gasteiger partial charge in [0, 0.05) is 20.1 Å². The quantitative estimate of drug-likeness (QED) is 0.886. The van der Waals surface area contributed by atoms with Crippen LogP contribution in [0.4, 0.5) is 11.6 Å². The van der Waals surface area contributed by atoms with Crippen molar-refractivity contribution in [3.05, 3.63) is 6.33 Å². The van der Waals surface area contributed by atoms with Gasteiger partial charge >= 0.3 is 0 Å². The zero-order valence-corrected chi connectivity index (χ0v) is 11.6. The van der Waals surface area contributed by atoms with Gasteiger partial charge in [0.1, 0.15) is 6.33 Å². The molecule has 0 radical (unpaired) electrons. The average Bonchev–Trinajstić information content (AvgIpc) is 2.87. The molecule has 2 rings (SSSR count). The Morgan fingerprint density at radius 2 is 2.22 bits per heavy atom. The van der Waals surface area contributed by atoms with Crippen LogP contribution in [0, 0.1) is 11.8 Å². The minimum absolute atomic E-state index is 0.714. The lowest BCUT2D eigenvalue weighted by molar-refractivity contribution is 0.409. The maximum absolute atomic E-state index is 5.45.